The van der Waals surface area contributed by atoms with Gasteiger partial charge in [0.15, 0.2) is 0 Å². The van der Waals surface area contributed by atoms with E-state index in [0.717, 1.165) is 31.6 Å². The zero-order valence-electron chi connectivity index (χ0n) is 63.9. The molecule has 2 atom stereocenters. The Morgan fingerprint density at radius 3 is 0.805 bits per heavy atom. The number of carbonyl (C=O) groups is 6. The number of nitrogens with zero attached hydrogens (tertiary/aromatic N) is 4. The third-order valence-electron chi connectivity index (χ3n) is 21.7. The fourth-order valence-corrected chi connectivity index (χ4v) is 16.5. The Balaban J connectivity index is 0.938. The number of H-pyrrole nitrogens is 2. The molecule has 19 rings (SSSR count). The highest BCUT2D eigenvalue weighted by molar-refractivity contribution is 6.45. The summed E-state index contributed by atoms with van der Waals surface area (Å²) >= 11 is 0. The van der Waals surface area contributed by atoms with Crippen LogP contribution in [0.2, 0.25) is 0 Å². The summed E-state index contributed by atoms with van der Waals surface area (Å²) in [7, 11) is 6.08. The third-order valence-corrected chi connectivity index (χ3v) is 21.7. The van der Waals surface area contributed by atoms with Crippen LogP contribution in [0.25, 0.3) is 64.9 Å². The summed E-state index contributed by atoms with van der Waals surface area (Å²) in [6.07, 6.45) is -0.394. The SMILES string of the molecule is COc1cccc(Oc2cc3c4c(cc(Oc5cccc(OC)c5)c5c6c(Oc7cccc(OC)c7)cc7c8c(cc(Oc9cccc(OC)c9)c(c2c45)c86)C(=O)N(C(Cc2cc4ccccc4[nH]2)C(=O)N(c2ccccc2)c2ccccc2)C7=O)C(=O)N(C(Cc2cc4ccccc4[nH]2)C(=O)N(c2ccccc2)c2ccccc2)C3=O)c1. The number of hydrogen-bond acceptors (Lipinski definition) is 14. The molecule has 2 aromatic heterocycles. The van der Waals surface area contributed by atoms with Crippen molar-refractivity contribution in [2.45, 2.75) is 24.9 Å². The van der Waals surface area contributed by atoms with Crippen LogP contribution in [0.15, 0.2) is 303 Å². The highest BCUT2D eigenvalue weighted by Gasteiger charge is 2.48. The minimum Gasteiger partial charge on any atom is -0.497 e. The van der Waals surface area contributed by atoms with Crippen LogP contribution in [-0.2, 0) is 22.4 Å². The van der Waals surface area contributed by atoms with Crippen LogP contribution in [0.4, 0.5) is 22.7 Å². The molecular weight excluding hydrogens is 1490 g/mol. The van der Waals surface area contributed by atoms with Crippen molar-refractivity contribution in [1.82, 2.24) is 19.8 Å². The van der Waals surface area contributed by atoms with Gasteiger partial charge in [0.1, 0.15) is 81.1 Å². The van der Waals surface area contributed by atoms with Crippen LogP contribution >= 0.6 is 0 Å². The summed E-state index contributed by atoms with van der Waals surface area (Å²) in [5.74, 6) is -2.31. The number of amides is 6. The van der Waals surface area contributed by atoms with Gasteiger partial charge in [-0.25, -0.2) is 0 Å². The Morgan fingerprint density at radius 2 is 0.542 bits per heavy atom. The maximum absolute atomic E-state index is 17.2. The van der Waals surface area contributed by atoms with Crippen molar-refractivity contribution in [3.63, 3.8) is 0 Å². The average Bonchev–Trinajstić information content (AvgIpc) is 0.692. The summed E-state index contributed by atoms with van der Waals surface area (Å²) in [5, 5.41) is 2.97. The summed E-state index contributed by atoms with van der Waals surface area (Å²) in [4.78, 5) is 114. The first-order valence-electron chi connectivity index (χ1n) is 38.2. The van der Waals surface area contributed by atoms with Crippen LogP contribution < -0.4 is 47.7 Å². The molecule has 0 saturated carbocycles. The molecular formula is C98H70N6O14. The molecule has 2 unspecified atom stereocenters. The van der Waals surface area contributed by atoms with Crippen molar-refractivity contribution in [2.24, 2.45) is 0 Å². The number of benzene rings is 15. The highest BCUT2D eigenvalue weighted by atomic mass is 16.5. The second kappa shape index (κ2) is 30.0. The molecule has 2 N–H and O–H groups in total. The minimum atomic E-state index is -1.59. The topological polar surface area (TPSA) is 221 Å². The van der Waals surface area contributed by atoms with Gasteiger partial charge in [0, 0.05) is 125 Å². The van der Waals surface area contributed by atoms with Gasteiger partial charge in [-0.3, -0.25) is 48.4 Å². The van der Waals surface area contributed by atoms with Gasteiger partial charge in [0.05, 0.1) is 50.7 Å². The number of anilines is 4. The van der Waals surface area contributed by atoms with E-state index < -0.39 is 47.5 Å². The van der Waals surface area contributed by atoms with Gasteiger partial charge in [0.25, 0.3) is 35.4 Å². The maximum atomic E-state index is 17.2. The number of fused-ring (bicyclic) bond motifs is 4. The normalized spacial score (nSPS) is 13.0. The van der Waals surface area contributed by atoms with E-state index in [1.807, 2.05) is 133 Å². The standard InChI is InChI=1S/C98H70N6O14/c1-111-65-35-21-39-69(49-65)115-81-53-73-85-74(94(106)103(93(73)105)79(47-59-45-57-25-17-19-43-77(57)99-59)97(109)101(61-27-9-5-10-28-61)62-29-11-6-12-30-62)55-83(117-71-41-23-37-67(51-71)113-3)89-90-84(118-72-42-24-38-68(52-72)114-4)56-76-86-75(54-82(88(92(86)90)87(81)91(85)89)116-70-40-22-36-66(50-70)112-2)95(107)104(96(76)108)80(48-60-46-58-26-18-20-44-78(58)100-60)98(110)102(63-31-13-7-14-32-63)64-33-15-8-16-34-64/h5-46,49-56,79-80,99-100H,47-48H2,1-4H3. The molecule has 0 fully saturated rings. The average molecular weight is 1560 g/mol. The lowest BCUT2D eigenvalue weighted by atomic mass is 9.80. The molecule has 6 amide bonds. The molecule has 15 aromatic carbocycles. The Kier molecular flexibility index (Phi) is 18.4. The predicted octanol–water partition coefficient (Wildman–Crippen LogP) is 21.0. The van der Waals surface area contributed by atoms with Crippen molar-refractivity contribution in [3.8, 4) is 69.0 Å². The lowest BCUT2D eigenvalue weighted by molar-refractivity contribution is -0.122. The van der Waals surface area contributed by atoms with E-state index in [-0.39, 0.29) is 124 Å². The Labute approximate surface area is 675 Å². The maximum Gasteiger partial charge on any atom is 0.262 e. The van der Waals surface area contributed by atoms with Gasteiger partial charge >= 0.3 is 0 Å². The second-order valence-electron chi connectivity index (χ2n) is 28.7. The number of rotatable bonds is 24. The molecule has 576 valence electrons. The number of nitrogens with one attached hydrogen (secondary N) is 2. The fraction of sp³-hybridized carbons (Fsp3) is 0.0816. The van der Waals surface area contributed by atoms with Crippen LogP contribution in [0.1, 0.15) is 52.8 Å². The molecule has 2 aliphatic heterocycles. The minimum absolute atomic E-state index is 0.0177. The molecule has 20 nitrogen and oxygen atoms in total. The monoisotopic (exact) mass is 1550 g/mol. The van der Waals surface area contributed by atoms with E-state index in [1.54, 1.807) is 170 Å². The highest BCUT2D eigenvalue weighted by Crippen LogP contribution is 2.59. The quantitative estimate of drug-likeness (QED) is 0.0326. The van der Waals surface area contributed by atoms with Gasteiger partial charge in [-0.05, 0) is 156 Å². The Morgan fingerprint density at radius 1 is 0.288 bits per heavy atom. The van der Waals surface area contributed by atoms with E-state index in [0.29, 0.717) is 57.1 Å². The van der Waals surface area contributed by atoms with Gasteiger partial charge in [-0.15, -0.1) is 0 Å². The summed E-state index contributed by atoms with van der Waals surface area (Å²) in [5.41, 5.74) is 4.15. The van der Waals surface area contributed by atoms with Crippen LogP contribution in [-0.4, -0.2) is 95.7 Å². The first kappa shape index (κ1) is 72.5. The number of ether oxygens (including phenoxy) is 8. The molecule has 2 aliphatic rings. The molecule has 20 heteroatoms. The summed E-state index contributed by atoms with van der Waals surface area (Å²) < 4.78 is 52.9. The van der Waals surface area contributed by atoms with E-state index >= 15 is 28.8 Å². The number of imide groups is 2. The number of carbonyl (C=O) groups excluding carboxylic acids is 6. The molecule has 0 radical (unpaired) electrons. The lowest BCUT2D eigenvalue weighted by Gasteiger charge is -2.37. The van der Waals surface area contributed by atoms with Crippen LogP contribution in [0, 0.1) is 0 Å². The van der Waals surface area contributed by atoms with Gasteiger partial charge in [-0.2, -0.15) is 0 Å². The number of aromatic nitrogens is 2. The summed E-state index contributed by atoms with van der Waals surface area (Å²) in [6.45, 7) is 0. The van der Waals surface area contributed by atoms with E-state index in [1.165, 1.54) is 38.2 Å². The largest absolute Gasteiger partial charge is 0.497 e. The fourth-order valence-electron chi connectivity index (χ4n) is 16.5. The van der Waals surface area contributed by atoms with Gasteiger partial charge < -0.3 is 47.9 Å². The predicted molar refractivity (Wildman–Crippen MR) is 453 cm³/mol. The van der Waals surface area contributed by atoms with Crippen molar-refractivity contribution in [3.05, 3.63) is 337 Å². The molecule has 0 spiro atoms. The van der Waals surface area contributed by atoms with E-state index in [4.69, 9.17) is 37.9 Å². The zero-order chi connectivity index (χ0) is 80.4. The smallest absolute Gasteiger partial charge is 0.262 e. The van der Waals surface area contributed by atoms with Crippen LogP contribution in [0.5, 0.6) is 69.0 Å². The van der Waals surface area contributed by atoms with Crippen molar-refractivity contribution >= 4 is 123 Å². The molecule has 0 bridgehead atoms. The molecule has 17 aromatic rings. The van der Waals surface area contributed by atoms with Crippen molar-refractivity contribution in [1.29, 1.82) is 0 Å². The number of methoxy groups -OCH3 is 4. The first-order valence-corrected chi connectivity index (χ1v) is 38.2. The Hall–Kier alpha value is -15.7. The first-order chi connectivity index (χ1) is 57.8. The van der Waals surface area contributed by atoms with Crippen LogP contribution in [0.3, 0.4) is 0 Å². The molecule has 0 saturated heterocycles. The molecule has 118 heavy (non-hydrogen) atoms. The molecule has 0 aliphatic carbocycles. The van der Waals surface area contributed by atoms with E-state index in [2.05, 4.69) is 9.97 Å². The zero-order valence-corrected chi connectivity index (χ0v) is 63.9. The number of hydrogen-bond donors (Lipinski definition) is 2. The van der Waals surface area contributed by atoms with Gasteiger partial charge in [-0.1, -0.05) is 133 Å². The van der Waals surface area contributed by atoms with E-state index in [9.17, 15) is 0 Å². The van der Waals surface area contributed by atoms with Crippen molar-refractivity contribution in [2.75, 3.05) is 38.2 Å². The lowest BCUT2D eigenvalue weighted by Crippen LogP contribution is -2.55. The third kappa shape index (κ3) is 12.8. The number of para-hydroxylation sites is 6. The van der Waals surface area contributed by atoms with Gasteiger partial charge in [0.2, 0.25) is 0 Å². The summed E-state index contributed by atoms with van der Waals surface area (Å²) in [6, 6.07) is 85.7. The Bertz CT molecular complexity index is 6110. The second-order valence-corrected chi connectivity index (χ2v) is 28.7. The van der Waals surface area contributed by atoms with Crippen molar-refractivity contribution < 1.29 is 66.7 Å². The number of aromatic amines is 2. The molecule has 4 heterocycles.